The van der Waals surface area contributed by atoms with Crippen LogP contribution in [0.2, 0.25) is 0 Å². The van der Waals surface area contributed by atoms with Crippen molar-refractivity contribution in [2.45, 2.75) is 50.5 Å². The number of fused-ring (bicyclic) bond motifs is 1. The summed E-state index contributed by atoms with van der Waals surface area (Å²) in [4.78, 5) is 24.3. The second-order valence-corrected chi connectivity index (χ2v) is 14.6. The molecule has 11 nitrogen and oxygen atoms in total. The number of aromatic nitrogens is 1. The monoisotopic (exact) mass is 709 g/mol. The lowest BCUT2D eigenvalue weighted by Gasteiger charge is -2.46. The highest BCUT2D eigenvalue weighted by molar-refractivity contribution is 7.93. The highest BCUT2D eigenvalue weighted by Gasteiger charge is 2.61. The molecule has 0 aliphatic carbocycles. The first kappa shape index (κ1) is 35.7. The molecule has 1 saturated heterocycles. The van der Waals surface area contributed by atoms with Crippen LogP contribution in [0.15, 0.2) is 77.8 Å². The third kappa shape index (κ3) is 6.04. The maximum absolute atomic E-state index is 15.6. The number of piperazine rings is 1. The number of nitriles is 1. The molecule has 3 aromatic carbocycles. The number of hydrogen-bond donors (Lipinski definition) is 0. The van der Waals surface area contributed by atoms with Gasteiger partial charge in [-0.3, -0.25) is 14.7 Å². The number of rotatable bonds is 11. The van der Waals surface area contributed by atoms with Gasteiger partial charge in [-0.2, -0.15) is 5.26 Å². The molecule has 1 atom stereocenters. The Morgan fingerprint density at radius 2 is 1.67 bits per heavy atom. The molecular formula is C39H43N5O6S. The number of carbonyl (C=O) groups excluding carboxylic acids is 1. The number of anilines is 2. The molecule has 6 rings (SSSR count). The maximum Gasteiger partial charge on any atom is 0.274 e. The summed E-state index contributed by atoms with van der Waals surface area (Å²) in [6.07, 6.45) is 2.49. The van der Waals surface area contributed by atoms with Crippen molar-refractivity contribution < 1.29 is 27.4 Å². The molecule has 12 heteroatoms. The van der Waals surface area contributed by atoms with Crippen LogP contribution in [0, 0.1) is 11.3 Å². The van der Waals surface area contributed by atoms with Gasteiger partial charge in [0.2, 0.25) is 0 Å². The lowest BCUT2D eigenvalue weighted by atomic mass is 9.79. The summed E-state index contributed by atoms with van der Waals surface area (Å²) in [6.45, 7) is 10.4. The molecule has 0 N–H and O–H groups in total. The number of carbonyl (C=O) groups is 1. The van der Waals surface area contributed by atoms with E-state index >= 15 is 4.79 Å². The summed E-state index contributed by atoms with van der Waals surface area (Å²) in [5.41, 5.74) is 2.72. The highest BCUT2D eigenvalue weighted by atomic mass is 32.2. The molecule has 2 aliphatic heterocycles. The van der Waals surface area contributed by atoms with Crippen molar-refractivity contribution >= 4 is 27.3 Å². The van der Waals surface area contributed by atoms with Gasteiger partial charge in [-0.1, -0.05) is 26.8 Å². The topological polar surface area (TPSA) is 125 Å². The minimum atomic E-state index is -4.58. The average molecular weight is 710 g/mol. The molecule has 3 heterocycles. The minimum Gasteiger partial charge on any atom is -0.497 e. The Balaban J connectivity index is 1.58. The van der Waals surface area contributed by atoms with Crippen molar-refractivity contribution in [3.8, 4) is 23.3 Å². The van der Waals surface area contributed by atoms with Gasteiger partial charge >= 0.3 is 0 Å². The van der Waals surface area contributed by atoms with Crippen LogP contribution < -0.4 is 23.4 Å². The molecule has 1 aromatic heterocycles. The molecule has 51 heavy (non-hydrogen) atoms. The van der Waals surface area contributed by atoms with E-state index < -0.39 is 21.5 Å². The van der Waals surface area contributed by atoms with Gasteiger partial charge in [0.05, 0.1) is 38.1 Å². The van der Waals surface area contributed by atoms with Gasteiger partial charge in [-0.05, 0) is 79.4 Å². The first-order chi connectivity index (χ1) is 24.5. The summed E-state index contributed by atoms with van der Waals surface area (Å²) in [6, 6.07) is 21.1. The molecule has 4 aromatic rings. The molecule has 266 valence electrons. The molecule has 0 saturated carbocycles. The molecule has 1 amide bonds. The third-order valence-electron chi connectivity index (χ3n) is 9.73. The van der Waals surface area contributed by atoms with Gasteiger partial charge in [0.15, 0.2) is 5.54 Å². The zero-order valence-electron chi connectivity index (χ0n) is 29.8. The fourth-order valence-electron chi connectivity index (χ4n) is 7.12. The molecule has 0 radical (unpaired) electrons. The Morgan fingerprint density at radius 1 is 0.902 bits per heavy atom. The third-order valence-corrected chi connectivity index (χ3v) is 11.5. The molecule has 1 fully saturated rings. The largest absolute Gasteiger partial charge is 0.497 e. The van der Waals surface area contributed by atoms with Crippen LogP contribution in [-0.4, -0.2) is 71.2 Å². The van der Waals surface area contributed by atoms with E-state index in [9.17, 15) is 13.7 Å². The Kier molecular flexibility index (Phi) is 9.97. The van der Waals surface area contributed by atoms with E-state index in [1.165, 1.54) is 38.5 Å². The van der Waals surface area contributed by atoms with Crippen molar-refractivity contribution in [1.29, 1.82) is 5.26 Å². The van der Waals surface area contributed by atoms with Gasteiger partial charge in [-0.15, -0.1) is 0 Å². The number of benzene rings is 3. The van der Waals surface area contributed by atoms with E-state index in [0.29, 0.717) is 67.4 Å². The predicted octanol–water partition coefficient (Wildman–Crippen LogP) is 5.86. The maximum atomic E-state index is 15.6. The molecule has 0 bridgehead atoms. The van der Waals surface area contributed by atoms with Crippen LogP contribution in [-0.2, 0) is 26.8 Å². The zero-order chi connectivity index (χ0) is 36.5. The molecule has 0 spiro atoms. The Hall–Kier alpha value is -5.12. The van der Waals surface area contributed by atoms with E-state index in [0.717, 1.165) is 21.2 Å². The lowest BCUT2D eigenvalue weighted by Crippen LogP contribution is -2.60. The molecular weight excluding hydrogens is 667 g/mol. The number of sulfonamides is 1. The van der Waals surface area contributed by atoms with Crippen molar-refractivity contribution in [2.75, 3.05) is 56.2 Å². The van der Waals surface area contributed by atoms with Crippen molar-refractivity contribution in [1.82, 2.24) is 9.88 Å². The smallest absolute Gasteiger partial charge is 0.274 e. The Bertz CT molecular complexity index is 2110. The van der Waals surface area contributed by atoms with Gasteiger partial charge in [-0.25, -0.2) is 12.7 Å². The number of methoxy groups -OCH3 is 2. The van der Waals surface area contributed by atoms with Gasteiger partial charge in [0, 0.05) is 61.0 Å². The van der Waals surface area contributed by atoms with Crippen molar-refractivity contribution in [3.63, 3.8) is 0 Å². The van der Waals surface area contributed by atoms with E-state index in [4.69, 9.17) is 14.2 Å². The second kappa shape index (κ2) is 14.2. The van der Waals surface area contributed by atoms with Crippen molar-refractivity contribution in [3.05, 3.63) is 101 Å². The zero-order valence-corrected chi connectivity index (χ0v) is 30.7. The fourth-order valence-corrected chi connectivity index (χ4v) is 8.72. The van der Waals surface area contributed by atoms with E-state index in [-0.39, 0.29) is 22.3 Å². The van der Waals surface area contributed by atoms with E-state index in [1.54, 1.807) is 12.1 Å². The lowest BCUT2D eigenvalue weighted by molar-refractivity contribution is -0.127. The van der Waals surface area contributed by atoms with Gasteiger partial charge < -0.3 is 19.1 Å². The van der Waals surface area contributed by atoms with E-state index in [2.05, 4.69) is 40.8 Å². The predicted molar refractivity (Wildman–Crippen MR) is 195 cm³/mol. The van der Waals surface area contributed by atoms with Crippen molar-refractivity contribution in [2.24, 2.45) is 0 Å². The first-order valence-corrected chi connectivity index (χ1v) is 18.6. The first-order valence-electron chi connectivity index (χ1n) is 17.1. The van der Waals surface area contributed by atoms with E-state index in [1.807, 2.05) is 44.3 Å². The number of ether oxygens (including phenoxy) is 3. The Morgan fingerprint density at radius 3 is 2.31 bits per heavy atom. The van der Waals surface area contributed by atoms with Crippen LogP contribution in [0.1, 0.15) is 61.6 Å². The Labute approximate surface area is 300 Å². The minimum absolute atomic E-state index is 0.0320. The van der Waals surface area contributed by atoms with Gasteiger partial charge in [0.1, 0.15) is 22.1 Å². The number of amides is 1. The summed E-state index contributed by atoms with van der Waals surface area (Å²) in [7, 11) is -1.73. The van der Waals surface area contributed by atoms with Crippen LogP contribution in [0.5, 0.6) is 17.2 Å². The number of aryl methyl sites for hydroxylation is 1. The normalized spacial score (nSPS) is 17.7. The number of pyridine rings is 1. The fraction of sp³-hybridized carbons (Fsp3) is 0.359. The van der Waals surface area contributed by atoms with Crippen LogP contribution in [0.4, 0.5) is 11.4 Å². The summed E-state index contributed by atoms with van der Waals surface area (Å²) in [5.74, 6) is 0.480. The molecule has 1 unspecified atom stereocenters. The molecule has 2 aliphatic rings. The summed E-state index contributed by atoms with van der Waals surface area (Å²) < 4.78 is 47.7. The SMILES string of the molecule is CCOc1ccc(CC)cc1C1(N2CCN(c3ccnc(C(C)C)c3)CC2)C(=O)N(S(=O)(=O)c2ccc(OC)cc2OC)c2ccc(C#N)cc21. The second-order valence-electron chi connectivity index (χ2n) is 12.8. The average Bonchev–Trinajstić information content (AvgIpc) is 3.42. The quantitative estimate of drug-likeness (QED) is 0.187. The number of nitrogens with zero attached hydrogens (tertiary/aromatic N) is 5. The standard InChI is InChI=1S/C39H43N5O6S/c1-7-27-10-13-35(50-8-2)32(21-27)39(43-19-17-42(18-20-43)29-15-16-41-33(23-29)26(3)4)31-22-28(25-40)9-12-34(31)44(38(39)45)51(46,47)37-14-11-30(48-5)24-36(37)49-6/h9-16,21-24,26H,7-8,17-20H2,1-6H3. The summed E-state index contributed by atoms with van der Waals surface area (Å²) >= 11 is 0. The van der Waals surface area contributed by atoms with Gasteiger partial charge in [0.25, 0.3) is 15.9 Å². The van der Waals surface area contributed by atoms with Crippen LogP contribution in [0.25, 0.3) is 0 Å². The van der Waals surface area contributed by atoms with Crippen LogP contribution >= 0.6 is 0 Å². The van der Waals surface area contributed by atoms with Crippen LogP contribution in [0.3, 0.4) is 0 Å². The highest BCUT2D eigenvalue weighted by Crippen LogP contribution is 2.53. The summed E-state index contributed by atoms with van der Waals surface area (Å²) in [5, 5.41) is 10.1. The number of hydrogen-bond acceptors (Lipinski definition) is 10.